The van der Waals surface area contributed by atoms with Gasteiger partial charge in [0.25, 0.3) is 0 Å². The molecule has 0 aliphatic rings. The Hall–Kier alpha value is -1.06. The molecule has 2 aromatic rings. The Morgan fingerprint density at radius 1 is 1.28 bits per heavy atom. The zero-order valence-corrected chi connectivity index (χ0v) is 17.2. The van der Waals surface area contributed by atoms with E-state index < -0.39 is 16.0 Å². The van der Waals surface area contributed by atoms with Crippen molar-refractivity contribution in [2.24, 2.45) is 0 Å². The van der Waals surface area contributed by atoms with Crippen molar-refractivity contribution in [3.63, 3.8) is 0 Å². The lowest BCUT2D eigenvalue weighted by atomic mass is 10.3. The first kappa shape index (κ1) is 20.3. The molecule has 0 aliphatic carbocycles. The molecule has 25 heavy (non-hydrogen) atoms. The predicted octanol–water partition coefficient (Wildman–Crippen LogP) is 4.35. The van der Waals surface area contributed by atoms with Crippen molar-refractivity contribution < 1.29 is 22.4 Å². The van der Waals surface area contributed by atoms with Gasteiger partial charge in [0.1, 0.15) is 16.9 Å². The van der Waals surface area contributed by atoms with Crippen LogP contribution < -0.4 is 0 Å². The number of hydrogen-bond donors (Lipinski definition) is 0. The maximum Gasteiger partial charge on any atom is 0.341 e. The van der Waals surface area contributed by atoms with Crippen molar-refractivity contribution in [2.75, 3.05) is 13.7 Å². The number of carbonyl (C=O) groups is 1. The van der Waals surface area contributed by atoms with Crippen LogP contribution in [0.1, 0.15) is 23.0 Å². The summed E-state index contributed by atoms with van der Waals surface area (Å²) in [5, 5.41) is -0.00392. The van der Waals surface area contributed by atoms with Crippen LogP contribution in [0.15, 0.2) is 38.2 Å². The average Bonchev–Trinajstić information content (AvgIpc) is 2.94. The second-order valence-corrected chi connectivity index (χ2v) is 8.69. The maximum absolute atomic E-state index is 12.7. The Morgan fingerprint density at radius 3 is 2.44 bits per heavy atom. The lowest BCUT2D eigenvalue weighted by Gasteiger charge is -2.18. The highest BCUT2D eigenvalue weighted by molar-refractivity contribution is 9.10. The number of halogens is 3. The second-order valence-electron chi connectivity index (χ2n) is 4.98. The van der Waals surface area contributed by atoms with Gasteiger partial charge >= 0.3 is 5.97 Å². The van der Waals surface area contributed by atoms with Gasteiger partial charge in [-0.3, -0.25) is 0 Å². The normalized spacial score (nSPS) is 11.8. The van der Waals surface area contributed by atoms with Crippen LogP contribution in [0.3, 0.4) is 0 Å². The molecule has 0 aliphatic heterocycles. The van der Waals surface area contributed by atoms with E-state index >= 15 is 0 Å². The van der Waals surface area contributed by atoms with E-state index in [2.05, 4.69) is 15.9 Å². The molecule has 10 heteroatoms. The van der Waals surface area contributed by atoms with Crippen molar-refractivity contribution in [2.45, 2.75) is 18.4 Å². The molecule has 0 radical (unpaired) electrons. The predicted molar refractivity (Wildman–Crippen MR) is 97.5 cm³/mol. The van der Waals surface area contributed by atoms with Crippen LogP contribution >= 0.6 is 39.1 Å². The summed E-state index contributed by atoms with van der Waals surface area (Å²) in [6.07, 6.45) is 1.22. The zero-order chi connectivity index (χ0) is 18.8. The standard InChI is InChI=1S/C15H14BrCl2NO5S/c1-3-23-15(20)9-4-11(24-8-9)7-19(2)25(21,22)14-12(17)5-10(16)6-13(14)18/h4-6,8H,3,7H2,1-2H3. The van der Waals surface area contributed by atoms with Crippen molar-refractivity contribution in [3.8, 4) is 0 Å². The number of hydrogen-bond acceptors (Lipinski definition) is 5. The molecule has 0 spiro atoms. The maximum atomic E-state index is 12.7. The third-order valence-corrected chi connectivity index (χ3v) is 6.36. The van der Waals surface area contributed by atoms with Crippen LogP contribution in [-0.2, 0) is 21.3 Å². The van der Waals surface area contributed by atoms with E-state index in [1.807, 2.05) is 0 Å². The van der Waals surface area contributed by atoms with Gasteiger partial charge in [0.15, 0.2) is 0 Å². The Labute approximate surface area is 163 Å². The fraction of sp³-hybridized carbons (Fsp3) is 0.267. The summed E-state index contributed by atoms with van der Waals surface area (Å²) in [7, 11) is -2.61. The smallest absolute Gasteiger partial charge is 0.341 e. The largest absolute Gasteiger partial charge is 0.467 e. The SMILES string of the molecule is CCOC(=O)c1coc(CN(C)S(=O)(=O)c2c(Cl)cc(Br)cc2Cl)c1. The van der Waals surface area contributed by atoms with Crippen molar-refractivity contribution in [3.05, 3.63) is 50.3 Å². The Kier molecular flexibility index (Phi) is 6.56. The molecular weight excluding hydrogens is 457 g/mol. The van der Waals surface area contributed by atoms with E-state index in [-0.39, 0.29) is 39.4 Å². The highest BCUT2D eigenvalue weighted by atomic mass is 79.9. The molecule has 0 saturated heterocycles. The van der Waals surface area contributed by atoms with Crippen LogP contribution in [-0.4, -0.2) is 32.3 Å². The van der Waals surface area contributed by atoms with Gasteiger partial charge in [-0.1, -0.05) is 39.1 Å². The quantitative estimate of drug-likeness (QED) is 0.586. The van der Waals surface area contributed by atoms with Crippen LogP contribution in [0.4, 0.5) is 0 Å². The third kappa shape index (κ3) is 4.57. The van der Waals surface area contributed by atoms with Gasteiger partial charge in [-0.25, -0.2) is 13.2 Å². The number of furan rings is 1. The molecule has 0 saturated carbocycles. The van der Waals surface area contributed by atoms with Gasteiger partial charge in [-0.15, -0.1) is 0 Å². The molecule has 1 aromatic heterocycles. The zero-order valence-electron chi connectivity index (χ0n) is 13.3. The van der Waals surface area contributed by atoms with Crippen molar-refractivity contribution in [1.29, 1.82) is 0 Å². The van der Waals surface area contributed by atoms with Gasteiger partial charge in [0.2, 0.25) is 10.0 Å². The summed E-state index contributed by atoms with van der Waals surface area (Å²) in [5.41, 5.74) is 0.211. The summed E-state index contributed by atoms with van der Waals surface area (Å²) in [6.45, 7) is 1.81. The summed E-state index contributed by atoms with van der Waals surface area (Å²) in [5.74, 6) is -0.263. The molecule has 2 rings (SSSR count). The highest BCUT2D eigenvalue weighted by Gasteiger charge is 2.28. The lowest BCUT2D eigenvalue weighted by Crippen LogP contribution is -2.27. The van der Waals surface area contributed by atoms with E-state index in [0.29, 0.717) is 4.47 Å². The number of ether oxygens (including phenoxy) is 1. The Morgan fingerprint density at radius 2 is 1.88 bits per heavy atom. The van der Waals surface area contributed by atoms with Gasteiger partial charge in [-0.2, -0.15) is 4.31 Å². The van der Waals surface area contributed by atoms with E-state index in [0.717, 1.165) is 4.31 Å². The number of sulfonamides is 1. The van der Waals surface area contributed by atoms with Gasteiger partial charge in [0, 0.05) is 11.5 Å². The molecule has 0 bridgehead atoms. The average molecular weight is 471 g/mol. The number of esters is 1. The topological polar surface area (TPSA) is 76.8 Å². The molecule has 6 nitrogen and oxygen atoms in total. The van der Waals surface area contributed by atoms with Gasteiger partial charge in [-0.05, 0) is 25.1 Å². The van der Waals surface area contributed by atoms with Crippen molar-refractivity contribution >= 4 is 55.1 Å². The first-order valence-electron chi connectivity index (χ1n) is 7.02. The minimum Gasteiger partial charge on any atom is -0.467 e. The number of nitrogens with zero attached hydrogens (tertiary/aromatic N) is 1. The molecule has 0 unspecified atom stereocenters. The van der Waals surface area contributed by atoms with E-state index in [4.69, 9.17) is 32.4 Å². The van der Waals surface area contributed by atoms with E-state index in [1.54, 1.807) is 6.92 Å². The summed E-state index contributed by atoms with van der Waals surface area (Å²) in [4.78, 5) is 11.4. The summed E-state index contributed by atoms with van der Waals surface area (Å²) < 4.78 is 37.2. The van der Waals surface area contributed by atoms with E-state index in [9.17, 15) is 13.2 Å². The Balaban J connectivity index is 2.26. The van der Waals surface area contributed by atoms with Crippen LogP contribution in [0, 0.1) is 0 Å². The second kappa shape index (κ2) is 8.09. The highest BCUT2D eigenvalue weighted by Crippen LogP contribution is 2.34. The molecule has 0 fully saturated rings. The molecule has 1 aromatic carbocycles. The molecular formula is C15H14BrCl2NO5S. The first-order chi connectivity index (χ1) is 11.7. The monoisotopic (exact) mass is 469 g/mol. The van der Waals surface area contributed by atoms with Crippen molar-refractivity contribution in [1.82, 2.24) is 4.31 Å². The van der Waals surface area contributed by atoms with Crippen LogP contribution in [0.5, 0.6) is 0 Å². The van der Waals surface area contributed by atoms with Gasteiger partial charge in [0.05, 0.1) is 28.8 Å². The third-order valence-electron chi connectivity index (χ3n) is 3.17. The van der Waals surface area contributed by atoms with E-state index in [1.165, 1.54) is 31.5 Å². The number of rotatable bonds is 6. The number of carbonyl (C=O) groups excluding carboxylic acids is 1. The van der Waals surface area contributed by atoms with Gasteiger partial charge < -0.3 is 9.15 Å². The number of benzene rings is 1. The Bertz CT molecular complexity index is 874. The van der Waals surface area contributed by atoms with Crippen LogP contribution in [0.2, 0.25) is 10.0 Å². The summed E-state index contributed by atoms with van der Waals surface area (Å²) >= 11 is 15.3. The lowest BCUT2D eigenvalue weighted by molar-refractivity contribution is 0.0525. The summed E-state index contributed by atoms with van der Waals surface area (Å²) in [6, 6.07) is 4.31. The molecule has 0 amide bonds. The molecule has 1 heterocycles. The minimum atomic E-state index is -3.96. The molecule has 0 N–H and O–H groups in total. The van der Waals surface area contributed by atoms with Crippen LogP contribution in [0.25, 0.3) is 0 Å². The first-order valence-corrected chi connectivity index (χ1v) is 10.0. The fourth-order valence-electron chi connectivity index (χ4n) is 2.02. The fourth-order valence-corrected chi connectivity index (χ4v) is 5.03. The minimum absolute atomic E-state index is 0.00196. The molecule has 0 atom stereocenters. The molecule has 136 valence electrons.